The quantitative estimate of drug-likeness (QED) is 0.452. The zero-order valence-corrected chi connectivity index (χ0v) is 11.0. The number of rotatable bonds is 10. The van der Waals surface area contributed by atoms with Crippen LogP contribution in [0.5, 0.6) is 0 Å². The molecule has 0 rings (SSSR count). The van der Waals surface area contributed by atoms with Crippen molar-refractivity contribution in [2.75, 3.05) is 13.1 Å². The van der Waals surface area contributed by atoms with Crippen LogP contribution in [-0.4, -0.2) is 18.6 Å². The third kappa shape index (κ3) is 11.5. The largest absolute Gasteiger partial charge is 0.870 e. The molecule has 0 aliphatic rings. The van der Waals surface area contributed by atoms with Gasteiger partial charge in [-0.05, 0) is 31.8 Å². The van der Waals surface area contributed by atoms with Gasteiger partial charge in [0.25, 0.3) is 0 Å². The number of allylic oxidation sites excluding steroid dienone is 2. The van der Waals surface area contributed by atoms with Gasteiger partial charge in [0.05, 0.1) is 19.3 Å². The van der Waals surface area contributed by atoms with Crippen molar-refractivity contribution in [3.63, 3.8) is 0 Å². The average Bonchev–Trinajstić information content (AvgIpc) is 2.27. The van der Waals surface area contributed by atoms with Gasteiger partial charge in [-0.3, -0.25) is 0 Å². The van der Waals surface area contributed by atoms with Crippen molar-refractivity contribution < 1.29 is 10.4 Å². The van der Waals surface area contributed by atoms with Crippen LogP contribution in [0.25, 0.3) is 0 Å². The molecule has 0 bridgehead atoms. The van der Waals surface area contributed by atoms with E-state index in [0.717, 1.165) is 12.8 Å². The van der Waals surface area contributed by atoms with Crippen LogP contribution in [0.3, 0.4) is 0 Å². The Balaban J connectivity index is 0. The molecule has 96 valence electrons. The Labute approximate surface area is 101 Å². The number of hydrogen-bond acceptors (Lipinski definition) is 1. The SMILES string of the molecule is C=CCCC=C[NH+](CCCC)CCCC.[OH-]. The van der Waals surface area contributed by atoms with Crippen LogP contribution in [0.2, 0.25) is 0 Å². The van der Waals surface area contributed by atoms with Gasteiger partial charge in [0.15, 0.2) is 0 Å². The molecule has 0 saturated carbocycles. The van der Waals surface area contributed by atoms with Gasteiger partial charge >= 0.3 is 0 Å². The smallest absolute Gasteiger partial charge is 0.0901 e. The van der Waals surface area contributed by atoms with Crippen molar-refractivity contribution in [1.29, 1.82) is 0 Å². The summed E-state index contributed by atoms with van der Waals surface area (Å²) in [6, 6.07) is 0. The Kier molecular flexibility index (Phi) is 16.0. The number of hydrogen-bond donors (Lipinski definition) is 1. The minimum absolute atomic E-state index is 0. The van der Waals surface area contributed by atoms with E-state index in [2.05, 4.69) is 32.7 Å². The Morgan fingerprint density at radius 2 is 1.56 bits per heavy atom. The maximum atomic E-state index is 3.74. The highest BCUT2D eigenvalue weighted by Gasteiger charge is 2.02. The van der Waals surface area contributed by atoms with Gasteiger partial charge < -0.3 is 10.4 Å². The van der Waals surface area contributed by atoms with Crippen molar-refractivity contribution in [3.8, 4) is 0 Å². The minimum Gasteiger partial charge on any atom is -0.870 e. The Morgan fingerprint density at radius 1 is 1.00 bits per heavy atom. The first-order valence-electron chi connectivity index (χ1n) is 6.47. The first-order chi connectivity index (χ1) is 7.35. The van der Waals surface area contributed by atoms with Gasteiger partial charge in [-0.2, -0.15) is 0 Å². The predicted molar refractivity (Wildman–Crippen MR) is 71.0 cm³/mol. The lowest BCUT2D eigenvalue weighted by atomic mass is 10.2. The van der Waals surface area contributed by atoms with Crippen LogP contribution in [0.15, 0.2) is 24.9 Å². The highest BCUT2D eigenvalue weighted by molar-refractivity contribution is 4.77. The van der Waals surface area contributed by atoms with Gasteiger partial charge in [-0.25, -0.2) is 0 Å². The van der Waals surface area contributed by atoms with E-state index in [4.69, 9.17) is 0 Å². The van der Waals surface area contributed by atoms with Crippen LogP contribution < -0.4 is 4.90 Å². The van der Waals surface area contributed by atoms with Crippen LogP contribution >= 0.6 is 0 Å². The normalized spacial score (nSPS) is 10.7. The van der Waals surface area contributed by atoms with E-state index in [0.29, 0.717) is 0 Å². The molecule has 0 aromatic carbocycles. The fourth-order valence-electron chi connectivity index (χ4n) is 1.56. The van der Waals surface area contributed by atoms with E-state index >= 15 is 0 Å². The van der Waals surface area contributed by atoms with E-state index in [1.54, 1.807) is 4.90 Å². The molecule has 16 heavy (non-hydrogen) atoms. The molecule has 0 unspecified atom stereocenters. The molecule has 0 radical (unpaired) electrons. The fourth-order valence-corrected chi connectivity index (χ4v) is 1.56. The zero-order valence-electron chi connectivity index (χ0n) is 11.0. The number of unbranched alkanes of at least 4 members (excludes halogenated alkanes) is 3. The molecule has 0 amide bonds. The van der Waals surface area contributed by atoms with Crippen molar-refractivity contribution in [1.82, 2.24) is 0 Å². The molecule has 0 spiro atoms. The lowest BCUT2D eigenvalue weighted by molar-refractivity contribution is -0.847. The zero-order chi connectivity index (χ0) is 11.4. The standard InChI is InChI=1S/C14H27N.H2O/c1-4-7-10-11-14-15(12-8-5-2)13-9-6-3;/h4,11,14H,1,5-10,12-13H2,2-3H3;1H2. The fraction of sp³-hybridized carbons (Fsp3) is 0.714. The summed E-state index contributed by atoms with van der Waals surface area (Å²) in [7, 11) is 0. The molecular weight excluding hydrogens is 198 g/mol. The Morgan fingerprint density at radius 3 is 2.00 bits per heavy atom. The summed E-state index contributed by atoms with van der Waals surface area (Å²) in [5.41, 5.74) is 0. The highest BCUT2D eigenvalue weighted by atomic mass is 16.0. The second kappa shape index (κ2) is 14.4. The highest BCUT2D eigenvalue weighted by Crippen LogP contribution is 1.89. The molecule has 2 heteroatoms. The van der Waals surface area contributed by atoms with E-state index in [9.17, 15) is 0 Å². The van der Waals surface area contributed by atoms with E-state index in [1.807, 2.05) is 6.08 Å². The van der Waals surface area contributed by atoms with Gasteiger partial charge in [-0.15, -0.1) is 6.58 Å². The van der Waals surface area contributed by atoms with Crippen molar-refractivity contribution >= 4 is 0 Å². The summed E-state index contributed by atoms with van der Waals surface area (Å²) in [6.07, 6.45) is 14.2. The molecule has 0 heterocycles. The summed E-state index contributed by atoms with van der Waals surface area (Å²) in [4.78, 5) is 1.64. The lowest BCUT2D eigenvalue weighted by Gasteiger charge is -2.13. The van der Waals surface area contributed by atoms with Crippen LogP contribution in [0.4, 0.5) is 0 Å². The maximum absolute atomic E-state index is 3.74. The first kappa shape index (κ1) is 17.8. The first-order valence-corrected chi connectivity index (χ1v) is 6.47. The minimum atomic E-state index is 0. The summed E-state index contributed by atoms with van der Waals surface area (Å²) in [5, 5.41) is 0. The van der Waals surface area contributed by atoms with Crippen LogP contribution in [0, 0.1) is 0 Å². The average molecular weight is 227 g/mol. The third-order valence-electron chi connectivity index (χ3n) is 2.59. The summed E-state index contributed by atoms with van der Waals surface area (Å²) in [6.45, 7) is 10.8. The van der Waals surface area contributed by atoms with E-state index in [-0.39, 0.29) is 5.48 Å². The molecule has 0 aromatic heterocycles. The number of quaternary nitrogens is 1. The summed E-state index contributed by atoms with van der Waals surface area (Å²) >= 11 is 0. The molecule has 2 nitrogen and oxygen atoms in total. The molecule has 0 aliphatic heterocycles. The van der Waals surface area contributed by atoms with Crippen molar-refractivity contribution in [2.45, 2.75) is 52.4 Å². The Bertz CT molecular complexity index is 158. The monoisotopic (exact) mass is 227 g/mol. The van der Waals surface area contributed by atoms with Crippen LogP contribution in [-0.2, 0) is 0 Å². The van der Waals surface area contributed by atoms with Gasteiger partial charge in [0, 0.05) is 0 Å². The molecule has 2 N–H and O–H groups in total. The van der Waals surface area contributed by atoms with Gasteiger partial charge in [-0.1, -0.05) is 32.8 Å². The second-order valence-electron chi connectivity index (χ2n) is 4.13. The predicted octanol–water partition coefficient (Wildman–Crippen LogP) is 2.77. The van der Waals surface area contributed by atoms with Crippen LogP contribution in [0.1, 0.15) is 52.4 Å². The number of nitrogens with one attached hydrogen (secondary N) is 1. The molecule has 0 aromatic rings. The second-order valence-corrected chi connectivity index (χ2v) is 4.13. The van der Waals surface area contributed by atoms with Gasteiger partial charge in [0.1, 0.15) is 0 Å². The molecule has 0 fully saturated rings. The topological polar surface area (TPSA) is 34.4 Å². The molecule has 0 saturated heterocycles. The summed E-state index contributed by atoms with van der Waals surface area (Å²) in [5.74, 6) is 0. The third-order valence-corrected chi connectivity index (χ3v) is 2.59. The van der Waals surface area contributed by atoms with E-state index in [1.165, 1.54) is 38.8 Å². The lowest BCUT2D eigenvalue weighted by Crippen LogP contribution is -3.07. The molecular formula is C14H29NO. The van der Waals surface area contributed by atoms with Crippen molar-refractivity contribution in [2.24, 2.45) is 0 Å². The van der Waals surface area contributed by atoms with E-state index < -0.39 is 0 Å². The summed E-state index contributed by atoms with van der Waals surface area (Å²) < 4.78 is 0. The maximum Gasteiger partial charge on any atom is 0.0901 e. The molecule has 0 aliphatic carbocycles. The Hall–Kier alpha value is -0.600. The van der Waals surface area contributed by atoms with Gasteiger partial charge in [0.2, 0.25) is 0 Å². The van der Waals surface area contributed by atoms with Crippen molar-refractivity contribution in [3.05, 3.63) is 24.9 Å². The molecule has 0 atom stereocenters.